The van der Waals surface area contributed by atoms with E-state index in [0.717, 1.165) is 34.8 Å². The third kappa shape index (κ3) is 3.56. The Morgan fingerprint density at radius 3 is 3.04 bits per heavy atom. The van der Waals surface area contributed by atoms with Gasteiger partial charge in [-0.05, 0) is 37.5 Å². The molecule has 0 aliphatic heterocycles. The maximum atomic E-state index is 12.3. The molecule has 0 bridgehead atoms. The molecule has 0 radical (unpaired) electrons. The number of anilines is 1. The SMILES string of the molecule is Cc1ccc2nc(SCC(=O)Nc3ccnn3C3CCCC3)[nH]c2c1. The van der Waals surface area contributed by atoms with Gasteiger partial charge in [-0.1, -0.05) is 30.7 Å². The number of fused-ring (bicyclic) bond motifs is 1. The van der Waals surface area contributed by atoms with Gasteiger partial charge in [-0.25, -0.2) is 9.67 Å². The molecule has 1 aliphatic rings. The van der Waals surface area contributed by atoms with Gasteiger partial charge in [0.25, 0.3) is 0 Å². The average molecular weight is 355 g/mol. The van der Waals surface area contributed by atoms with Crippen molar-refractivity contribution in [1.29, 1.82) is 0 Å². The third-order valence-electron chi connectivity index (χ3n) is 4.56. The van der Waals surface area contributed by atoms with Crippen molar-refractivity contribution in [1.82, 2.24) is 19.7 Å². The Morgan fingerprint density at radius 2 is 2.20 bits per heavy atom. The first-order valence-corrected chi connectivity index (χ1v) is 9.60. The summed E-state index contributed by atoms with van der Waals surface area (Å²) in [5, 5.41) is 8.13. The van der Waals surface area contributed by atoms with Crippen LogP contribution in [-0.2, 0) is 4.79 Å². The summed E-state index contributed by atoms with van der Waals surface area (Å²) in [5.74, 6) is 1.06. The third-order valence-corrected chi connectivity index (χ3v) is 5.44. The van der Waals surface area contributed by atoms with E-state index in [1.54, 1.807) is 6.20 Å². The number of H-pyrrole nitrogens is 1. The van der Waals surface area contributed by atoms with E-state index in [0.29, 0.717) is 11.8 Å². The molecule has 0 atom stereocenters. The number of rotatable bonds is 5. The van der Waals surface area contributed by atoms with Crippen molar-refractivity contribution in [2.24, 2.45) is 0 Å². The zero-order valence-electron chi connectivity index (χ0n) is 14.2. The van der Waals surface area contributed by atoms with Crippen molar-refractivity contribution in [3.8, 4) is 0 Å². The molecule has 0 spiro atoms. The van der Waals surface area contributed by atoms with Gasteiger partial charge >= 0.3 is 0 Å². The lowest BCUT2D eigenvalue weighted by Crippen LogP contribution is -2.19. The highest BCUT2D eigenvalue weighted by atomic mass is 32.2. The first-order valence-electron chi connectivity index (χ1n) is 8.61. The molecule has 4 rings (SSSR count). The van der Waals surface area contributed by atoms with Gasteiger partial charge in [0.15, 0.2) is 5.16 Å². The van der Waals surface area contributed by atoms with Crippen LogP contribution in [-0.4, -0.2) is 31.4 Å². The normalized spacial score (nSPS) is 15.1. The number of hydrogen-bond acceptors (Lipinski definition) is 4. The monoisotopic (exact) mass is 355 g/mol. The number of carbonyl (C=O) groups excluding carboxylic acids is 1. The van der Waals surface area contributed by atoms with Crippen LogP contribution in [0.5, 0.6) is 0 Å². The molecule has 2 aromatic heterocycles. The minimum atomic E-state index is -0.0404. The van der Waals surface area contributed by atoms with Crippen LogP contribution in [0.3, 0.4) is 0 Å². The summed E-state index contributed by atoms with van der Waals surface area (Å²) < 4.78 is 1.96. The molecule has 1 aromatic carbocycles. The summed E-state index contributed by atoms with van der Waals surface area (Å²) in [6.07, 6.45) is 6.50. The van der Waals surface area contributed by atoms with E-state index in [-0.39, 0.29) is 5.91 Å². The lowest BCUT2D eigenvalue weighted by atomic mass is 10.2. The van der Waals surface area contributed by atoms with Crippen LogP contribution in [0, 0.1) is 6.92 Å². The fraction of sp³-hybridized carbons (Fsp3) is 0.389. The lowest BCUT2D eigenvalue weighted by molar-refractivity contribution is -0.113. The molecule has 1 fully saturated rings. The van der Waals surface area contributed by atoms with E-state index in [1.807, 2.05) is 29.8 Å². The maximum absolute atomic E-state index is 12.3. The number of benzene rings is 1. The molecule has 6 nitrogen and oxygen atoms in total. The second-order valence-corrected chi connectivity index (χ2v) is 7.46. The zero-order valence-corrected chi connectivity index (χ0v) is 15.0. The van der Waals surface area contributed by atoms with E-state index in [2.05, 4.69) is 26.4 Å². The van der Waals surface area contributed by atoms with E-state index in [4.69, 9.17) is 0 Å². The molecule has 1 amide bonds. The molecule has 7 heteroatoms. The molecule has 3 aromatic rings. The van der Waals surface area contributed by atoms with Gasteiger partial charge in [0.05, 0.1) is 29.0 Å². The fourth-order valence-electron chi connectivity index (χ4n) is 3.33. The van der Waals surface area contributed by atoms with Crippen LogP contribution in [0.1, 0.15) is 37.3 Å². The van der Waals surface area contributed by atoms with E-state index >= 15 is 0 Å². The van der Waals surface area contributed by atoms with Crippen molar-refractivity contribution < 1.29 is 4.79 Å². The van der Waals surface area contributed by atoms with Gasteiger partial charge in [0, 0.05) is 6.07 Å². The number of carbonyl (C=O) groups is 1. The summed E-state index contributed by atoms with van der Waals surface area (Å²) in [6, 6.07) is 8.37. The summed E-state index contributed by atoms with van der Waals surface area (Å²) in [7, 11) is 0. The number of aromatic nitrogens is 4. The quantitative estimate of drug-likeness (QED) is 0.680. The highest BCUT2D eigenvalue weighted by Gasteiger charge is 2.20. The van der Waals surface area contributed by atoms with Crippen molar-refractivity contribution >= 4 is 34.5 Å². The van der Waals surface area contributed by atoms with Gasteiger partial charge in [-0.3, -0.25) is 4.79 Å². The summed E-state index contributed by atoms with van der Waals surface area (Å²) in [6.45, 7) is 2.05. The predicted molar refractivity (Wildman–Crippen MR) is 99.9 cm³/mol. The van der Waals surface area contributed by atoms with Crippen LogP contribution in [0.2, 0.25) is 0 Å². The first-order chi connectivity index (χ1) is 12.2. The lowest BCUT2D eigenvalue weighted by Gasteiger charge is -2.14. The van der Waals surface area contributed by atoms with E-state index in [1.165, 1.54) is 30.2 Å². The topological polar surface area (TPSA) is 75.6 Å². The van der Waals surface area contributed by atoms with Crippen molar-refractivity contribution in [2.75, 3.05) is 11.1 Å². The molecule has 2 heterocycles. The standard InChI is InChI=1S/C18H21N5OS/c1-12-6-7-14-15(10-12)21-18(20-14)25-11-17(24)22-16-8-9-19-23(16)13-4-2-3-5-13/h6-10,13H,2-5,11H2,1H3,(H,20,21)(H,22,24). The molecule has 130 valence electrons. The van der Waals surface area contributed by atoms with Crippen molar-refractivity contribution in [2.45, 2.75) is 43.8 Å². The van der Waals surface area contributed by atoms with Crippen LogP contribution in [0.25, 0.3) is 11.0 Å². The summed E-state index contributed by atoms with van der Waals surface area (Å²) >= 11 is 1.41. The van der Waals surface area contributed by atoms with Crippen LogP contribution < -0.4 is 5.32 Å². The Morgan fingerprint density at radius 1 is 1.36 bits per heavy atom. The predicted octanol–water partition coefficient (Wildman–Crippen LogP) is 3.91. The van der Waals surface area contributed by atoms with Crippen LogP contribution in [0.15, 0.2) is 35.6 Å². The smallest absolute Gasteiger partial charge is 0.235 e. The van der Waals surface area contributed by atoms with Crippen molar-refractivity contribution in [3.05, 3.63) is 36.0 Å². The number of thioether (sulfide) groups is 1. The van der Waals surface area contributed by atoms with Crippen LogP contribution in [0.4, 0.5) is 5.82 Å². The molecule has 1 aliphatic carbocycles. The first kappa shape index (κ1) is 16.2. The van der Waals surface area contributed by atoms with Crippen LogP contribution >= 0.6 is 11.8 Å². The number of imidazole rings is 1. The largest absolute Gasteiger partial charge is 0.333 e. The Balaban J connectivity index is 1.38. The highest BCUT2D eigenvalue weighted by molar-refractivity contribution is 7.99. The number of amides is 1. The summed E-state index contributed by atoms with van der Waals surface area (Å²) in [5.41, 5.74) is 3.11. The molecule has 0 unspecified atom stereocenters. The minimum Gasteiger partial charge on any atom is -0.333 e. The number of aromatic amines is 1. The molecular weight excluding hydrogens is 334 g/mol. The summed E-state index contributed by atoms with van der Waals surface area (Å²) in [4.78, 5) is 20.1. The molecule has 0 saturated heterocycles. The molecular formula is C18H21N5OS. The van der Waals surface area contributed by atoms with Gasteiger partial charge in [-0.2, -0.15) is 5.10 Å². The number of nitrogens with zero attached hydrogens (tertiary/aromatic N) is 3. The Hall–Kier alpha value is -2.28. The van der Waals surface area contributed by atoms with Gasteiger partial charge in [-0.15, -0.1) is 0 Å². The van der Waals surface area contributed by atoms with Crippen molar-refractivity contribution in [3.63, 3.8) is 0 Å². The maximum Gasteiger partial charge on any atom is 0.235 e. The van der Waals surface area contributed by atoms with E-state index < -0.39 is 0 Å². The number of nitrogens with one attached hydrogen (secondary N) is 2. The minimum absolute atomic E-state index is 0.0404. The Bertz CT molecular complexity index is 894. The number of aryl methyl sites for hydroxylation is 1. The Kier molecular flexibility index (Phi) is 4.48. The number of hydrogen-bond donors (Lipinski definition) is 2. The zero-order chi connectivity index (χ0) is 17.2. The highest BCUT2D eigenvalue weighted by Crippen LogP contribution is 2.31. The molecule has 2 N–H and O–H groups in total. The van der Waals surface area contributed by atoms with E-state index in [9.17, 15) is 4.79 Å². The second kappa shape index (κ2) is 6.92. The van der Waals surface area contributed by atoms with Gasteiger partial charge in [0.2, 0.25) is 5.91 Å². The molecule has 25 heavy (non-hydrogen) atoms. The Labute approximate surface area is 150 Å². The van der Waals surface area contributed by atoms with Gasteiger partial charge < -0.3 is 10.3 Å². The molecule has 1 saturated carbocycles. The second-order valence-electron chi connectivity index (χ2n) is 6.50. The fourth-order valence-corrected chi connectivity index (χ4v) is 4.02. The average Bonchev–Trinajstić information content (AvgIpc) is 3.32. The van der Waals surface area contributed by atoms with Gasteiger partial charge in [0.1, 0.15) is 5.82 Å².